The van der Waals surface area contributed by atoms with Gasteiger partial charge in [0.05, 0.1) is 23.6 Å². The van der Waals surface area contributed by atoms with Crippen LogP contribution in [0.1, 0.15) is 38.9 Å². The zero-order valence-corrected chi connectivity index (χ0v) is 12.7. The van der Waals surface area contributed by atoms with Gasteiger partial charge in [0.2, 0.25) is 0 Å². The van der Waals surface area contributed by atoms with Crippen LogP contribution >= 0.6 is 0 Å². The van der Waals surface area contributed by atoms with Gasteiger partial charge in [-0.15, -0.1) is 0 Å². The molecule has 1 aliphatic rings. The fourth-order valence-electron chi connectivity index (χ4n) is 3.04. The highest BCUT2D eigenvalue weighted by Crippen LogP contribution is 2.22. The summed E-state index contributed by atoms with van der Waals surface area (Å²) in [5.41, 5.74) is 2.08. The van der Waals surface area contributed by atoms with Crippen LogP contribution in [0, 0.1) is 0 Å². The van der Waals surface area contributed by atoms with Gasteiger partial charge >= 0.3 is 0 Å². The molecule has 112 valence electrons. The molecule has 0 aliphatic carbocycles. The van der Waals surface area contributed by atoms with E-state index in [9.17, 15) is 4.79 Å². The molecule has 0 amide bonds. The number of Topliss-reactive ketones (excluding diaryl/α,β-unsaturated/α-hetero) is 1. The Morgan fingerprint density at radius 1 is 1.38 bits per heavy atom. The van der Waals surface area contributed by atoms with E-state index in [1.165, 1.54) is 0 Å². The van der Waals surface area contributed by atoms with Crippen molar-refractivity contribution in [2.75, 3.05) is 0 Å². The molecule has 21 heavy (non-hydrogen) atoms. The number of carbonyl (C=O) groups excluding carboxylic acids is 1. The zero-order chi connectivity index (χ0) is 14.8. The molecule has 1 aromatic heterocycles. The number of fused-ring (bicyclic) bond motifs is 1. The molecule has 0 saturated carbocycles. The molecule has 3 rings (SSSR count). The predicted molar refractivity (Wildman–Crippen MR) is 82.3 cm³/mol. The molecule has 4 heteroatoms. The SMILES string of the molecule is CCCn1c(CC(=O)C2CCC(C)O2)nc2ccccc21. The number of para-hydroxylation sites is 2. The second-order valence-electron chi connectivity index (χ2n) is 5.82. The van der Waals surface area contributed by atoms with E-state index in [0.717, 1.165) is 42.7 Å². The third-order valence-corrected chi connectivity index (χ3v) is 4.10. The number of imidazole rings is 1. The summed E-state index contributed by atoms with van der Waals surface area (Å²) < 4.78 is 7.85. The predicted octanol–water partition coefficient (Wildman–Crippen LogP) is 3.13. The molecule has 0 N–H and O–H groups in total. The normalized spacial score (nSPS) is 22.0. The summed E-state index contributed by atoms with van der Waals surface area (Å²) in [5, 5.41) is 0. The van der Waals surface area contributed by atoms with E-state index in [-0.39, 0.29) is 18.0 Å². The largest absolute Gasteiger partial charge is 0.367 e. The molecule has 2 heterocycles. The van der Waals surface area contributed by atoms with Crippen LogP contribution in [-0.4, -0.2) is 27.5 Å². The summed E-state index contributed by atoms with van der Waals surface area (Å²) in [7, 11) is 0. The van der Waals surface area contributed by atoms with Crippen LogP contribution in [0.5, 0.6) is 0 Å². The van der Waals surface area contributed by atoms with Gasteiger partial charge in [-0.05, 0) is 38.3 Å². The number of aryl methyl sites for hydroxylation is 1. The molecule has 2 unspecified atom stereocenters. The Morgan fingerprint density at radius 2 is 2.19 bits per heavy atom. The number of ether oxygens (including phenoxy) is 1. The van der Waals surface area contributed by atoms with Gasteiger partial charge in [0.15, 0.2) is 5.78 Å². The van der Waals surface area contributed by atoms with Crippen molar-refractivity contribution in [3.63, 3.8) is 0 Å². The molecule has 0 radical (unpaired) electrons. The summed E-state index contributed by atoms with van der Waals surface area (Å²) >= 11 is 0. The van der Waals surface area contributed by atoms with Gasteiger partial charge in [-0.3, -0.25) is 4.79 Å². The van der Waals surface area contributed by atoms with Crippen molar-refractivity contribution in [3.05, 3.63) is 30.1 Å². The van der Waals surface area contributed by atoms with Crippen molar-refractivity contribution < 1.29 is 9.53 Å². The summed E-state index contributed by atoms with van der Waals surface area (Å²) in [4.78, 5) is 17.1. The molecule has 0 spiro atoms. The minimum atomic E-state index is -0.241. The van der Waals surface area contributed by atoms with Crippen LogP contribution in [0.3, 0.4) is 0 Å². The molecule has 1 aromatic carbocycles. The maximum Gasteiger partial charge on any atom is 0.169 e. The van der Waals surface area contributed by atoms with Gasteiger partial charge in [-0.2, -0.15) is 0 Å². The van der Waals surface area contributed by atoms with Gasteiger partial charge in [0.1, 0.15) is 11.9 Å². The molecule has 4 nitrogen and oxygen atoms in total. The lowest BCUT2D eigenvalue weighted by Crippen LogP contribution is -2.24. The average Bonchev–Trinajstić information content (AvgIpc) is 3.04. The van der Waals surface area contributed by atoms with Crippen LogP contribution in [-0.2, 0) is 22.5 Å². The maximum atomic E-state index is 12.4. The van der Waals surface area contributed by atoms with Crippen molar-refractivity contribution in [1.82, 2.24) is 9.55 Å². The quantitative estimate of drug-likeness (QED) is 0.848. The Hall–Kier alpha value is -1.68. The lowest BCUT2D eigenvalue weighted by molar-refractivity contribution is -0.128. The van der Waals surface area contributed by atoms with Gasteiger partial charge in [-0.1, -0.05) is 19.1 Å². The number of hydrogen-bond acceptors (Lipinski definition) is 3. The van der Waals surface area contributed by atoms with E-state index >= 15 is 0 Å². The highest BCUT2D eigenvalue weighted by molar-refractivity contribution is 5.86. The zero-order valence-electron chi connectivity index (χ0n) is 12.7. The molecule has 1 saturated heterocycles. The van der Waals surface area contributed by atoms with E-state index in [1.807, 2.05) is 25.1 Å². The Kier molecular flexibility index (Phi) is 4.06. The third-order valence-electron chi connectivity index (χ3n) is 4.10. The Labute approximate surface area is 125 Å². The van der Waals surface area contributed by atoms with E-state index in [2.05, 4.69) is 22.5 Å². The van der Waals surface area contributed by atoms with E-state index in [1.54, 1.807) is 0 Å². The first-order chi connectivity index (χ1) is 10.2. The number of ketones is 1. The topological polar surface area (TPSA) is 44.1 Å². The van der Waals surface area contributed by atoms with Crippen molar-refractivity contribution in [1.29, 1.82) is 0 Å². The minimum Gasteiger partial charge on any atom is -0.367 e. The van der Waals surface area contributed by atoms with Gasteiger partial charge in [0, 0.05) is 6.54 Å². The molecule has 0 bridgehead atoms. The van der Waals surface area contributed by atoms with Gasteiger partial charge < -0.3 is 9.30 Å². The number of carbonyl (C=O) groups is 1. The standard InChI is InChI=1S/C17H22N2O2/c1-3-10-19-14-7-5-4-6-13(14)18-17(19)11-15(20)16-9-8-12(2)21-16/h4-7,12,16H,3,8-11H2,1-2H3. The number of benzene rings is 1. The summed E-state index contributed by atoms with van der Waals surface area (Å²) in [5.74, 6) is 1.03. The molecular formula is C17H22N2O2. The minimum absolute atomic E-state index is 0.159. The van der Waals surface area contributed by atoms with Crippen molar-refractivity contribution in [3.8, 4) is 0 Å². The van der Waals surface area contributed by atoms with Crippen LogP contribution < -0.4 is 0 Å². The molecule has 2 atom stereocenters. The monoisotopic (exact) mass is 286 g/mol. The molecule has 1 aliphatic heterocycles. The lowest BCUT2D eigenvalue weighted by Gasteiger charge is -2.11. The van der Waals surface area contributed by atoms with E-state index in [0.29, 0.717) is 6.42 Å². The van der Waals surface area contributed by atoms with Crippen LogP contribution in [0.25, 0.3) is 11.0 Å². The summed E-state index contributed by atoms with van der Waals surface area (Å²) in [6.07, 6.45) is 3.17. The van der Waals surface area contributed by atoms with E-state index in [4.69, 9.17) is 4.74 Å². The average molecular weight is 286 g/mol. The third kappa shape index (κ3) is 2.86. The fourth-order valence-corrected chi connectivity index (χ4v) is 3.04. The van der Waals surface area contributed by atoms with Gasteiger partial charge in [-0.25, -0.2) is 4.98 Å². The Morgan fingerprint density at radius 3 is 2.90 bits per heavy atom. The summed E-state index contributed by atoms with van der Waals surface area (Å²) in [6.45, 7) is 5.06. The highest BCUT2D eigenvalue weighted by Gasteiger charge is 2.29. The first-order valence-electron chi connectivity index (χ1n) is 7.81. The first-order valence-corrected chi connectivity index (χ1v) is 7.81. The summed E-state index contributed by atoms with van der Waals surface area (Å²) in [6, 6.07) is 8.08. The number of rotatable bonds is 5. The molecular weight excluding hydrogens is 264 g/mol. The van der Waals surface area contributed by atoms with Crippen LogP contribution in [0.2, 0.25) is 0 Å². The lowest BCUT2D eigenvalue weighted by atomic mass is 10.1. The molecule has 1 fully saturated rings. The van der Waals surface area contributed by atoms with Crippen LogP contribution in [0.15, 0.2) is 24.3 Å². The number of hydrogen-bond donors (Lipinski definition) is 0. The van der Waals surface area contributed by atoms with Gasteiger partial charge in [0.25, 0.3) is 0 Å². The first kappa shape index (κ1) is 14.3. The second kappa shape index (κ2) is 5.98. The van der Waals surface area contributed by atoms with E-state index < -0.39 is 0 Å². The van der Waals surface area contributed by atoms with Crippen molar-refractivity contribution in [2.45, 2.75) is 58.3 Å². The second-order valence-corrected chi connectivity index (χ2v) is 5.82. The van der Waals surface area contributed by atoms with Crippen LogP contribution in [0.4, 0.5) is 0 Å². The number of nitrogens with zero attached hydrogens (tertiary/aromatic N) is 2. The highest BCUT2D eigenvalue weighted by atomic mass is 16.5. The Bertz CT molecular complexity index is 647. The fraction of sp³-hybridized carbons (Fsp3) is 0.529. The maximum absolute atomic E-state index is 12.4. The Balaban J connectivity index is 1.85. The van der Waals surface area contributed by atoms with Crippen molar-refractivity contribution >= 4 is 16.8 Å². The smallest absolute Gasteiger partial charge is 0.169 e. The molecule has 2 aromatic rings. The number of aromatic nitrogens is 2. The van der Waals surface area contributed by atoms with Crippen molar-refractivity contribution in [2.24, 2.45) is 0 Å².